The van der Waals surface area contributed by atoms with Crippen molar-refractivity contribution >= 4 is 0 Å². The van der Waals surface area contributed by atoms with E-state index in [1.54, 1.807) is 0 Å². The Morgan fingerprint density at radius 2 is 1.64 bits per heavy atom. The van der Waals surface area contributed by atoms with Gasteiger partial charge in [0.2, 0.25) is 6.79 Å². The smallest absolute Gasteiger partial charge is 0.231 e. The number of aliphatic hydroxyl groups is 1. The molecule has 7 nitrogen and oxygen atoms in total. The van der Waals surface area contributed by atoms with E-state index in [1.165, 1.54) is 11.1 Å². The van der Waals surface area contributed by atoms with Crippen molar-refractivity contribution in [3.05, 3.63) is 53.6 Å². The Bertz CT molecular complexity index is 865. The lowest BCUT2D eigenvalue weighted by Gasteiger charge is -2.35. The lowest BCUT2D eigenvalue weighted by atomic mass is 10.0. The predicted molar refractivity (Wildman–Crippen MR) is 127 cm³/mol. The number of hydrogen-bond acceptors (Lipinski definition) is 7. The number of nitrogens with zero attached hydrogens (tertiary/aromatic N) is 2. The van der Waals surface area contributed by atoms with Gasteiger partial charge in [0.1, 0.15) is 12.4 Å². The zero-order valence-corrected chi connectivity index (χ0v) is 19.7. The fourth-order valence-corrected chi connectivity index (χ4v) is 4.16. The summed E-state index contributed by atoms with van der Waals surface area (Å²) in [6.45, 7) is 11.3. The predicted octanol–water partition coefficient (Wildman–Crippen LogP) is 3.11. The van der Waals surface area contributed by atoms with Crippen LogP contribution in [0.25, 0.3) is 0 Å². The summed E-state index contributed by atoms with van der Waals surface area (Å²) in [5.74, 6) is 3.03. The van der Waals surface area contributed by atoms with Crippen molar-refractivity contribution in [1.82, 2.24) is 9.80 Å². The Morgan fingerprint density at radius 1 is 0.909 bits per heavy atom. The molecule has 0 spiro atoms. The number of hydrogen-bond donors (Lipinski definition) is 1. The molecule has 1 fully saturated rings. The van der Waals surface area contributed by atoms with Crippen molar-refractivity contribution in [3.8, 4) is 17.2 Å². The molecule has 2 aliphatic heterocycles. The summed E-state index contributed by atoms with van der Waals surface area (Å²) in [5.41, 5.74) is 2.54. The first-order chi connectivity index (χ1) is 16.1. The van der Waals surface area contributed by atoms with E-state index < -0.39 is 6.10 Å². The molecule has 0 bridgehead atoms. The lowest BCUT2D eigenvalue weighted by molar-refractivity contribution is -0.000440. The summed E-state index contributed by atoms with van der Waals surface area (Å²) in [6.07, 6.45) is -0.490. The molecule has 180 valence electrons. The molecule has 0 saturated carbocycles. The SMILES string of the molecule is CC(C)c1ccc(OCCOC[C@H](O)CN2CCN(Cc3ccc4c(c3)OCO4)CC2)cc1. The molecule has 1 N–H and O–H groups in total. The van der Waals surface area contributed by atoms with Gasteiger partial charge in [-0.3, -0.25) is 9.80 Å². The fraction of sp³-hybridized carbons (Fsp3) is 0.538. The minimum absolute atomic E-state index is 0.308. The molecule has 0 aliphatic carbocycles. The Kier molecular flexibility index (Phi) is 8.45. The van der Waals surface area contributed by atoms with Crippen LogP contribution in [0.2, 0.25) is 0 Å². The highest BCUT2D eigenvalue weighted by molar-refractivity contribution is 5.44. The molecular formula is C26H36N2O5. The van der Waals surface area contributed by atoms with E-state index >= 15 is 0 Å². The second-order valence-electron chi connectivity index (χ2n) is 9.07. The number of rotatable bonds is 11. The number of β-amino-alcohol motifs (C(OH)–C–C–N with tert-alkyl or cyclic N) is 1. The largest absolute Gasteiger partial charge is 0.491 e. The average Bonchev–Trinajstić information content (AvgIpc) is 3.28. The minimum atomic E-state index is -0.490. The standard InChI is InChI=1S/C26H36N2O5/c1-20(2)22-4-6-24(7-5-22)31-14-13-30-18-23(29)17-28-11-9-27(10-12-28)16-21-3-8-25-26(15-21)33-19-32-25/h3-8,15,20,23,29H,9-14,16-19H2,1-2H3/t23-/m1/s1. The van der Waals surface area contributed by atoms with Crippen LogP contribution in [0.3, 0.4) is 0 Å². The molecule has 4 rings (SSSR count). The van der Waals surface area contributed by atoms with Gasteiger partial charge in [-0.25, -0.2) is 0 Å². The molecule has 0 unspecified atom stereocenters. The highest BCUT2D eigenvalue weighted by atomic mass is 16.7. The Hall–Kier alpha value is -2.32. The van der Waals surface area contributed by atoms with E-state index in [0.29, 0.717) is 39.1 Å². The quantitative estimate of drug-likeness (QED) is 0.521. The van der Waals surface area contributed by atoms with Crippen molar-refractivity contribution in [3.63, 3.8) is 0 Å². The van der Waals surface area contributed by atoms with Crippen LogP contribution in [0.1, 0.15) is 30.9 Å². The van der Waals surface area contributed by atoms with E-state index in [1.807, 2.05) is 18.2 Å². The van der Waals surface area contributed by atoms with Crippen LogP contribution in [0.4, 0.5) is 0 Å². The molecule has 0 aromatic heterocycles. The zero-order valence-electron chi connectivity index (χ0n) is 19.7. The van der Waals surface area contributed by atoms with E-state index in [-0.39, 0.29) is 0 Å². The number of benzene rings is 2. The summed E-state index contributed by atoms with van der Waals surface area (Å²) >= 11 is 0. The molecule has 0 radical (unpaired) electrons. The Balaban J connectivity index is 1.07. The van der Waals surface area contributed by atoms with Crippen LogP contribution in [0, 0.1) is 0 Å². The molecular weight excluding hydrogens is 420 g/mol. The summed E-state index contributed by atoms with van der Waals surface area (Å²) in [6, 6.07) is 14.3. The molecule has 7 heteroatoms. The lowest BCUT2D eigenvalue weighted by Crippen LogP contribution is -2.48. The first-order valence-corrected chi connectivity index (χ1v) is 11.9. The average molecular weight is 457 g/mol. The maximum atomic E-state index is 10.3. The van der Waals surface area contributed by atoms with Gasteiger partial charge in [0.05, 0.1) is 19.3 Å². The molecule has 1 atom stereocenters. The Morgan fingerprint density at radius 3 is 2.39 bits per heavy atom. The highest BCUT2D eigenvalue weighted by Crippen LogP contribution is 2.32. The van der Waals surface area contributed by atoms with E-state index in [2.05, 4.69) is 47.9 Å². The van der Waals surface area contributed by atoms with Crippen LogP contribution < -0.4 is 14.2 Å². The van der Waals surface area contributed by atoms with Gasteiger partial charge in [-0.1, -0.05) is 32.0 Å². The third kappa shape index (κ3) is 7.08. The van der Waals surface area contributed by atoms with Crippen molar-refractivity contribution in [2.75, 3.05) is 59.3 Å². The van der Waals surface area contributed by atoms with Crippen LogP contribution in [-0.4, -0.2) is 80.3 Å². The van der Waals surface area contributed by atoms with Gasteiger partial charge in [0, 0.05) is 39.3 Å². The van der Waals surface area contributed by atoms with Gasteiger partial charge in [0.15, 0.2) is 11.5 Å². The monoisotopic (exact) mass is 456 g/mol. The molecule has 0 amide bonds. The second kappa shape index (κ2) is 11.7. The van der Waals surface area contributed by atoms with Gasteiger partial charge in [0.25, 0.3) is 0 Å². The number of aliphatic hydroxyl groups excluding tert-OH is 1. The third-order valence-corrected chi connectivity index (χ3v) is 6.13. The molecule has 1 saturated heterocycles. The minimum Gasteiger partial charge on any atom is -0.491 e. The molecule has 2 aromatic rings. The highest BCUT2D eigenvalue weighted by Gasteiger charge is 2.20. The molecule has 2 aromatic carbocycles. The first-order valence-electron chi connectivity index (χ1n) is 11.9. The van der Waals surface area contributed by atoms with Crippen LogP contribution >= 0.6 is 0 Å². The van der Waals surface area contributed by atoms with Gasteiger partial charge in [-0.15, -0.1) is 0 Å². The maximum absolute atomic E-state index is 10.3. The molecule has 2 aliphatic rings. The topological polar surface area (TPSA) is 63.6 Å². The maximum Gasteiger partial charge on any atom is 0.231 e. The number of fused-ring (bicyclic) bond motifs is 1. The van der Waals surface area contributed by atoms with E-state index in [4.69, 9.17) is 18.9 Å². The summed E-state index contributed by atoms with van der Waals surface area (Å²) in [4.78, 5) is 4.74. The zero-order chi connectivity index (χ0) is 23.0. The van der Waals surface area contributed by atoms with Crippen molar-refractivity contribution in [2.24, 2.45) is 0 Å². The summed E-state index contributed by atoms with van der Waals surface area (Å²) in [7, 11) is 0. The summed E-state index contributed by atoms with van der Waals surface area (Å²) in [5, 5.41) is 10.3. The van der Waals surface area contributed by atoms with Crippen molar-refractivity contribution in [1.29, 1.82) is 0 Å². The normalized spacial score (nSPS) is 17.5. The van der Waals surface area contributed by atoms with Gasteiger partial charge in [-0.05, 0) is 41.3 Å². The van der Waals surface area contributed by atoms with E-state index in [0.717, 1.165) is 50.0 Å². The van der Waals surface area contributed by atoms with Crippen molar-refractivity contribution < 1.29 is 24.1 Å². The van der Waals surface area contributed by atoms with Gasteiger partial charge in [-0.2, -0.15) is 0 Å². The second-order valence-corrected chi connectivity index (χ2v) is 9.07. The fourth-order valence-electron chi connectivity index (χ4n) is 4.16. The van der Waals surface area contributed by atoms with E-state index in [9.17, 15) is 5.11 Å². The first kappa shape index (κ1) is 23.8. The van der Waals surface area contributed by atoms with Crippen LogP contribution in [-0.2, 0) is 11.3 Å². The summed E-state index contributed by atoms with van der Waals surface area (Å²) < 4.78 is 22.2. The molecule has 33 heavy (non-hydrogen) atoms. The Labute approximate surface area is 196 Å². The van der Waals surface area contributed by atoms with Crippen LogP contribution in [0.15, 0.2) is 42.5 Å². The molecule has 2 heterocycles. The number of ether oxygens (including phenoxy) is 4. The van der Waals surface area contributed by atoms with Crippen molar-refractivity contribution in [2.45, 2.75) is 32.4 Å². The van der Waals surface area contributed by atoms with Gasteiger partial charge >= 0.3 is 0 Å². The van der Waals surface area contributed by atoms with Gasteiger partial charge < -0.3 is 24.1 Å². The number of piperazine rings is 1. The van der Waals surface area contributed by atoms with Crippen LogP contribution in [0.5, 0.6) is 17.2 Å². The third-order valence-electron chi connectivity index (χ3n) is 6.13.